The summed E-state index contributed by atoms with van der Waals surface area (Å²) < 4.78 is 2.92. The smallest absolute Gasteiger partial charge is 0.336 e. The molecule has 0 aromatic heterocycles. The van der Waals surface area contributed by atoms with E-state index in [1.807, 2.05) is 44.2 Å². The number of rotatable bonds is 5. The number of fused-ring (bicyclic) bond motifs is 1. The van der Waals surface area contributed by atoms with Gasteiger partial charge in [0.15, 0.2) is 5.54 Å². The van der Waals surface area contributed by atoms with Crippen LogP contribution >= 0.6 is 46.6 Å². The van der Waals surface area contributed by atoms with Crippen LogP contribution in [0.15, 0.2) is 30.3 Å². The zero-order chi connectivity index (χ0) is 18.5. The van der Waals surface area contributed by atoms with Crippen LogP contribution in [-0.2, 0) is 20.7 Å². The normalized spacial score (nSPS) is 27.6. The van der Waals surface area contributed by atoms with Crippen LogP contribution in [0.3, 0.4) is 0 Å². The quantitative estimate of drug-likeness (QED) is 0.409. The van der Waals surface area contributed by atoms with Crippen LogP contribution in [0.4, 0.5) is 0 Å². The van der Waals surface area contributed by atoms with E-state index < -0.39 is 20.8 Å². The summed E-state index contributed by atoms with van der Waals surface area (Å²) in [5.74, 6) is -0.972. The first kappa shape index (κ1) is 19.2. The Kier molecular flexibility index (Phi) is 4.99. The van der Waals surface area contributed by atoms with Crippen molar-refractivity contribution in [3.63, 3.8) is 0 Å². The molecular weight excluding hydrogens is 405 g/mol. The van der Waals surface area contributed by atoms with Crippen molar-refractivity contribution < 1.29 is 14.3 Å². The van der Waals surface area contributed by atoms with Crippen molar-refractivity contribution in [1.29, 1.82) is 0 Å². The average Bonchev–Trinajstić information content (AvgIpc) is 2.71. The maximum absolute atomic E-state index is 13.2. The van der Waals surface area contributed by atoms with Gasteiger partial charge in [-0.25, -0.2) is 4.79 Å². The number of hydrogen-bond acceptors (Lipinski definition) is 4. The molecule has 1 aromatic carbocycles. The number of benzene rings is 1. The Labute approximate surface area is 166 Å². The lowest BCUT2D eigenvalue weighted by molar-refractivity contribution is -0.174. The lowest BCUT2D eigenvalue weighted by Crippen LogP contribution is -2.69. The molecule has 136 valence electrons. The second-order valence-corrected chi connectivity index (χ2v) is 10.2. The molecule has 25 heavy (non-hydrogen) atoms. The molecule has 2 fully saturated rings. The first-order chi connectivity index (χ1) is 11.6. The average molecular weight is 423 g/mol. The molecule has 2 saturated heterocycles. The van der Waals surface area contributed by atoms with Gasteiger partial charge in [-0.15, -0.1) is 23.4 Å². The second-order valence-electron chi connectivity index (χ2n) is 6.73. The first-order valence-electron chi connectivity index (χ1n) is 7.84. The van der Waals surface area contributed by atoms with Crippen LogP contribution < -0.4 is 0 Å². The van der Waals surface area contributed by atoms with Gasteiger partial charge in [-0.2, -0.15) is 0 Å². The predicted octanol–water partition coefficient (Wildman–Crippen LogP) is 3.97. The minimum Gasteiger partial charge on any atom is -0.426 e. The Morgan fingerprint density at radius 2 is 2.00 bits per heavy atom. The molecule has 0 bridgehead atoms. The fourth-order valence-electron chi connectivity index (χ4n) is 3.52. The summed E-state index contributed by atoms with van der Waals surface area (Å²) in [6, 6.07) is 9.53. The molecule has 0 saturated carbocycles. The molecule has 1 amide bonds. The van der Waals surface area contributed by atoms with Crippen molar-refractivity contribution in [2.75, 3.05) is 5.88 Å². The van der Waals surface area contributed by atoms with Gasteiger partial charge in [0, 0.05) is 11.2 Å². The number of amides is 1. The first-order valence-corrected chi connectivity index (χ1v) is 10.0. The van der Waals surface area contributed by atoms with Crippen LogP contribution in [-0.4, -0.2) is 42.8 Å². The molecule has 4 nitrogen and oxygen atoms in total. The molecule has 0 spiro atoms. The molecular formula is C17H18Cl3NO3S. The van der Waals surface area contributed by atoms with E-state index in [0.29, 0.717) is 12.8 Å². The van der Waals surface area contributed by atoms with Crippen molar-refractivity contribution in [2.24, 2.45) is 0 Å². The fourth-order valence-corrected chi connectivity index (χ4v) is 5.47. The molecule has 2 aliphatic heterocycles. The van der Waals surface area contributed by atoms with Gasteiger partial charge in [0.1, 0.15) is 0 Å². The van der Waals surface area contributed by atoms with E-state index in [1.54, 1.807) is 16.7 Å². The van der Waals surface area contributed by atoms with Crippen molar-refractivity contribution in [3.05, 3.63) is 35.9 Å². The van der Waals surface area contributed by atoms with Crippen LogP contribution in [0.5, 0.6) is 0 Å². The SMILES string of the molecule is CC1(C)S[C@@H]2CC(=O)N2[C@@]1(Cc1ccccc1)C(=O)OC(Cl)(Cl)CCl. The third kappa shape index (κ3) is 3.14. The zero-order valence-corrected chi connectivity index (χ0v) is 16.9. The third-order valence-corrected chi connectivity index (χ3v) is 7.43. The van der Waals surface area contributed by atoms with Gasteiger partial charge in [-0.1, -0.05) is 53.5 Å². The van der Waals surface area contributed by atoms with Crippen molar-refractivity contribution in [1.82, 2.24) is 4.90 Å². The Morgan fingerprint density at radius 1 is 1.36 bits per heavy atom. The minimum absolute atomic E-state index is 0.0465. The second kappa shape index (κ2) is 6.52. The minimum atomic E-state index is -1.84. The Hall–Kier alpha value is -0.620. The lowest BCUT2D eigenvalue weighted by Gasteiger charge is -2.48. The number of thioether (sulfide) groups is 1. The summed E-state index contributed by atoms with van der Waals surface area (Å²) in [6.45, 7) is 3.89. The number of nitrogens with zero attached hydrogens (tertiary/aromatic N) is 1. The number of alkyl halides is 3. The number of β-lactam (4-membered cyclic amide) rings is 1. The van der Waals surface area contributed by atoms with E-state index in [4.69, 9.17) is 39.5 Å². The summed E-state index contributed by atoms with van der Waals surface area (Å²) in [5, 5.41) is -0.0465. The highest BCUT2D eigenvalue weighted by molar-refractivity contribution is 8.01. The summed E-state index contributed by atoms with van der Waals surface area (Å²) in [4.78, 5) is 27.2. The molecule has 0 unspecified atom stereocenters. The molecule has 3 rings (SSSR count). The van der Waals surface area contributed by atoms with Gasteiger partial charge >= 0.3 is 5.97 Å². The van der Waals surface area contributed by atoms with Gasteiger partial charge < -0.3 is 9.64 Å². The lowest BCUT2D eigenvalue weighted by atomic mass is 9.77. The van der Waals surface area contributed by atoms with E-state index in [0.717, 1.165) is 5.56 Å². The summed E-state index contributed by atoms with van der Waals surface area (Å²) >= 11 is 19.2. The Balaban J connectivity index is 2.05. The number of ether oxygens (including phenoxy) is 1. The number of carbonyl (C=O) groups excluding carboxylic acids is 2. The summed E-state index contributed by atoms with van der Waals surface area (Å²) in [6.07, 6.45) is 0.737. The maximum Gasteiger partial charge on any atom is 0.336 e. The molecule has 8 heteroatoms. The van der Waals surface area contributed by atoms with E-state index in [-0.39, 0.29) is 17.2 Å². The third-order valence-electron chi connectivity index (χ3n) is 4.78. The number of carbonyl (C=O) groups is 2. The Morgan fingerprint density at radius 3 is 2.56 bits per heavy atom. The summed E-state index contributed by atoms with van der Waals surface area (Å²) in [5.41, 5.74) is -0.269. The van der Waals surface area contributed by atoms with Crippen LogP contribution in [0.25, 0.3) is 0 Å². The molecule has 2 heterocycles. The zero-order valence-electron chi connectivity index (χ0n) is 13.8. The predicted molar refractivity (Wildman–Crippen MR) is 101 cm³/mol. The van der Waals surface area contributed by atoms with Crippen molar-refractivity contribution in [2.45, 2.75) is 46.9 Å². The van der Waals surface area contributed by atoms with Crippen LogP contribution in [0.1, 0.15) is 25.8 Å². The highest BCUT2D eigenvalue weighted by atomic mass is 35.5. The fraction of sp³-hybridized carbons (Fsp3) is 0.529. The van der Waals surface area contributed by atoms with Gasteiger partial charge in [-0.05, 0) is 19.4 Å². The summed E-state index contributed by atoms with van der Waals surface area (Å²) in [7, 11) is 0. The Bertz CT molecular complexity index is 698. The van der Waals surface area contributed by atoms with E-state index in [2.05, 4.69) is 0 Å². The van der Waals surface area contributed by atoms with E-state index >= 15 is 0 Å². The molecule has 0 aliphatic carbocycles. The largest absolute Gasteiger partial charge is 0.426 e. The topological polar surface area (TPSA) is 46.6 Å². The van der Waals surface area contributed by atoms with Gasteiger partial charge in [0.05, 0.1) is 17.7 Å². The van der Waals surface area contributed by atoms with Crippen LogP contribution in [0.2, 0.25) is 0 Å². The number of hydrogen-bond donors (Lipinski definition) is 0. The highest BCUT2D eigenvalue weighted by Gasteiger charge is 2.70. The van der Waals surface area contributed by atoms with E-state index in [1.165, 1.54) is 0 Å². The van der Waals surface area contributed by atoms with Gasteiger partial charge in [0.25, 0.3) is 4.52 Å². The highest BCUT2D eigenvalue weighted by Crippen LogP contribution is 2.58. The number of halogens is 3. The molecule has 0 radical (unpaired) electrons. The molecule has 2 aliphatic rings. The molecule has 2 atom stereocenters. The van der Waals surface area contributed by atoms with E-state index in [9.17, 15) is 9.59 Å². The number of esters is 1. The standard InChI is InChI=1S/C17H18Cl3NO3S/c1-15(2)16(9-11-6-4-3-5-7-11,14(23)24-17(19,20)10-18)21-12(22)8-13(21)25-15/h3-7,13H,8-10H2,1-2H3/t13-,16+/m1/s1. The van der Waals surface area contributed by atoms with Crippen LogP contribution in [0, 0.1) is 0 Å². The van der Waals surface area contributed by atoms with Gasteiger partial charge in [0.2, 0.25) is 5.91 Å². The molecule has 0 N–H and O–H groups in total. The maximum atomic E-state index is 13.2. The van der Waals surface area contributed by atoms with Gasteiger partial charge in [-0.3, -0.25) is 4.79 Å². The monoisotopic (exact) mass is 421 g/mol. The van der Waals surface area contributed by atoms with Crippen molar-refractivity contribution in [3.8, 4) is 0 Å². The van der Waals surface area contributed by atoms with Crippen molar-refractivity contribution >= 4 is 58.4 Å². The molecule has 1 aromatic rings.